The second-order valence-corrected chi connectivity index (χ2v) is 8.43. The van der Waals surface area contributed by atoms with Crippen molar-refractivity contribution in [1.29, 1.82) is 0 Å². The third kappa shape index (κ3) is 5.44. The van der Waals surface area contributed by atoms with Crippen LogP contribution >= 0.6 is 0 Å². The lowest BCUT2D eigenvalue weighted by Gasteiger charge is -2.23. The fraction of sp³-hybridized carbons (Fsp3) is 0.348. The van der Waals surface area contributed by atoms with Crippen molar-refractivity contribution in [3.63, 3.8) is 0 Å². The number of methoxy groups -OCH3 is 1. The van der Waals surface area contributed by atoms with Crippen molar-refractivity contribution in [3.8, 4) is 0 Å². The summed E-state index contributed by atoms with van der Waals surface area (Å²) < 4.78 is 4.68. The molecular weight excluding hydrogens is 368 g/mol. The van der Waals surface area contributed by atoms with Crippen LogP contribution in [0.4, 0.5) is 11.4 Å². The lowest BCUT2D eigenvalue weighted by molar-refractivity contribution is -0.135. The van der Waals surface area contributed by atoms with Crippen molar-refractivity contribution in [1.82, 2.24) is 0 Å². The fourth-order valence-electron chi connectivity index (χ4n) is 2.57. The van der Waals surface area contributed by atoms with Crippen LogP contribution in [0.5, 0.6) is 0 Å². The van der Waals surface area contributed by atoms with Crippen LogP contribution < -0.4 is 10.6 Å². The van der Waals surface area contributed by atoms with Crippen molar-refractivity contribution in [2.75, 3.05) is 17.7 Å². The van der Waals surface area contributed by atoms with Gasteiger partial charge in [0.15, 0.2) is 0 Å². The molecule has 2 N–H and O–H groups in total. The van der Waals surface area contributed by atoms with Crippen LogP contribution in [-0.4, -0.2) is 24.9 Å². The van der Waals surface area contributed by atoms with E-state index < -0.39 is 23.2 Å². The summed E-state index contributed by atoms with van der Waals surface area (Å²) in [6, 6.07) is 13.9. The summed E-state index contributed by atoms with van der Waals surface area (Å²) in [5.74, 6) is -1.41. The number of hydrogen-bond donors (Lipinski definition) is 2. The van der Waals surface area contributed by atoms with Gasteiger partial charge in [-0.15, -0.1) is 0 Å². The molecule has 0 saturated heterocycles. The van der Waals surface area contributed by atoms with E-state index in [1.165, 1.54) is 13.2 Å². The van der Waals surface area contributed by atoms with Crippen LogP contribution in [-0.2, 0) is 19.7 Å². The molecular formula is C23H28N2O4. The molecule has 0 spiro atoms. The first-order valence-electron chi connectivity index (χ1n) is 9.37. The summed E-state index contributed by atoms with van der Waals surface area (Å²) in [5.41, 5.74) is 1.18. The molecule has 0 heterocycles. The van der Waals surface area contributed by atoms with Gasteiger partial charge >= 0.3 is 5.97 Å². The Kier molecular flexibility index (Phi) is 6.47. The normalized spacial score (nSPS) is 11.5. The highest BCUT2D eigenvalue weighted by molar-refractivity contribution is 6.14. The van der Waals surface area contributed by atoms with Crippen molar-refractivity contribution in [3.05, 3.63) is 59.7 Å². The quantitative estimate of drug-likeness (QED) is 0.580. The van der Waals surface area contributed by atoms with Crippen molar-refractivity contribution < 1.29 is 19.1 Å². The molecule has 0 saturated carbocycles. The number of hydrogen-bond acceptors (Lipinski definition) is 4. The van der Waals surface area contributed by atoms with E-state index >= 15 is 0 Å². The Morgan fingerprint density at radius 2 is 1.34 bits per heavy atom. The summed E-state index contributed by atoms with van der Waals surface area (Å²) in [5, 5.41) is 5.48. The molecule has 2 aromatic carbocycles. The second kappa shape index (κ2) is 8.47. The molecule has 0 bridgehead atoms. The summed E-state index contributed by atoms with van der Waals surface area (Å²) in [6.45, 7) is 9.44. The Labute approximate surface area is 171 Å². The molecule has 6 heteroatoms. The number of nitrogens with one attached hydrogen (secondary N) is 2. The van der Waals surface area contributed by atoms with E-state index in [0.29, 0.717) is 16.9 Å². The maximum Gasteiger partial charge on any atom is 0.337 e. The van der Waals surface area contributed by atoms with E-state index in [9.17, 15) is 14.4 Å². The molecule has 0 fully saturated rings. The van der Waals surface area contributed by atoms with E-state index in [1.54, 1.807) is 32.0 Å². The first-order valence-corrected chi connectivity index (χ1v) is 9.37. The van der Waals surface area contributed by atoms with Gasteiger partial charge < -0.3 is 15.4 Å². The summed E-state index contributed by atoms with van der Waals surface area (Å²) in [4.78, 5) is 37.1. The predicted molar refractivity (Wildman–Crippen MR) is 114 cm³/mol. The molecule has 0 aliphatic carbocycles. The first kappa shape index (κ1) is 22.1. The molecule has 0 aliphatic rings. The van der Waals surface area contributed by atoms with Gasteiger partial charge in [0.1, 0.15) is 5.41 Å². The number of amides is 2. The largest absolute Gasteiger partial charge is 0.465 e. The number of carbonyl (C=O) groups is 3. The van der Waals surface area contributed by atoms with Crippen molar-refractivity contribution >= 4 is 29.2 Å². The number of ether oxygens (including phenoxy) is 1. The monoisotopic (exact) mass is 396 g/mol. The Balaban J connectivity index is 2.10. The van der Waals surface area contributed by atoms with Crippen LogP contribution in [0, 0.1) is 5.41 Å². The fourth-order valence-corrected chi connectivity index (χ4v) is 2.57. The highest BCUT2D eigenvalue weighted by Gasteiger charge is 2.36. The number of carbonyl (C=O) groups excluding carboxylic acids is 3. The SMILES string of the molecule is COC(=O)c1cccc(NC(=O)C(C)(C)C(=O)Nc2ccc(C(C)(C)C)cc2)c1. The zero-order chi connectivity index (χ0) is 21.8. The molecule has 0 aromatic heterocycles. The molecule has 2 amide bonds. The average Bonchev–Trinajstić information content (AvgIpc) is 2.67. The van der Waals surface area contributed by atoms with Gasteiger partial charge in [0, 0.05) is 11.4 Å². The third-order valence-electron chi connectivity index (χ3n) is 4.69. The molecule has 29 heavy (non-hydrogen) atoms. The number of anilines is 2. The summed E-state index contributed by atoms with van der Waals surface area (Å²) in [6.07, 6.45) is 0. The standard InChI is InChI=1S/C23H28N2O4/c1-22(2,3)16-10-12-17(13-11-16)24-20(27)23(4,5)21(28)25-18-9-7-8-15(14-18)19(26)29-6/h7-14H,1-6H3,(H,24,27)(H,25,28). The zero-order valence-electron chi connectivity index (χ0n) is 17.8. The molecule has 2 aromatic rings. The molecule has 0 radical (unpaired) electrons. The minimum Gasteiger partial charge on any atom is -0.465 e. The Morgan fingerprint density at radius 1 is 0.793 bits per heavy atom. The highest BCUT2D eigenvalue weighted by atomic mass is 16.5. The third-order valence-corrected chi connectivity index (χ3v) is 4.69. The Bertz CT molecular complexity index is 909. The van der Waals surface area contributed by atoms with Gasteiger partial charge in [0.25, 0.3) is 0 Å². The van der Waals surface area contributed by atoms with E-state index in [-0.39, 0.29) is 5.41 Å². The minimum absolute atomic E-state index is 0.0143. The van der Waals surface area contributed by atoms with Crippen LogP contribution in [0.3, 0.4) is 0 Å². The number of rotatable bonds is 5. The van der Waals surface area contributed by atoms with E-state index in [0.717, 1.165) is 5.56 Å². The zero-order valence-corrected chi connectivity index (χ0v) is 17.8. The van der Waals surface area contributed by atoms with E-state index in [2.05, 4.69) is 36.1 Å². The maximum absolute atomic E-state index is 12.7. The van der Waals surface area contributed by atoms with Gasteiger partial charge in [-0.25, -0.2) is 4.79 Å². The molecule has 0 aliphatic heterocycles. The number of benzene rings is 2. The molecule has 6 nitrogen and oxygen atoms in total. The molecule has 2 rings (SSSR count). The average molecular weight is 396 g/mol. The van der Waals surface area contributed by atoms with Gasteiger partial charge in [-0.3, -0.25) is 9.59 Å². The first-order chi connectivity index (χ1) is 13.4. The van der Waals surface area contributed by atoms with Crippen LogP contribution in [0.15, 0.2) is 48.5 Å². The Hall–Kier alpha value is -3.15. The van der Waals surface area contributed by atoms with E-state index in [1.807, 2.05) is 24.3 Å². The van der Waals surface area contributed by atoms with E-state index in [4.69, 9.17) is 0 Å². The highest BCUT2D eigenvalue weighted by Crippen LogP contribution is 2.25. The Morgan fingerprint density at radius 3 is 1.86 bits per heavy atom. The minimum atomic E-state index is -1.33. The topological polar surface area (TPSA) is 84.5 Å². The van der Waals surface area contributed by atoms with Crippen LogP contribution in [0.2, 0.25) is 0 Å². The van der Waals surface area contributed by atoms with Crippen molar-refractivity contribution in [2.45, 2.75) is 40.0 Å². The van der Waals surface area contributed by atoms with Crippen LogP contribution in [0.25, 0.3) is 0 Å². The predicted octanol–water partition coefficient (Wildman–Crippen LogP) is 4.37. The molecule has 154 valence electrons. The van der Waals surface area contributed by atoms with Crippen LogP contribution in [0.1, 0.15) is 50.5 Å². The maximum atomic E-state index is 12.7. The van der Waals surface area contributed by atoms with Gasteiger partial charge in [-0.1, -0.05) is 39.0 Å². The molecule has 0 atom stereocenters. The van der Waals surface area contributed by atoms with Crippen molar-refractivity contribution in [2.24, 2.45) is 5.41 Å². The van der Waals surface area contributed by atoms with Gasteiger partial charge in [0.2, 0.25) is 11.8 Å². The lowest BCUT2D eigenvalue weighted by Crippen LogP contribution is -2.41. The summed E-state index contributed by atoms with van der Waals surface area (Å²) in [7, 11) is 1.29. The summed E-state index contributed by atoms with van der Waals surface area (Å²) >= 11 is 0. The van der Waals surface area contributed by atoms with Gasteiger partial charge in [0.05, 0.1) is 12.7 Å². The second-order valence-electron chi connectivity index (χ2n) is 8.43. The van der Waals surface area contributed by atoms with Gasteiger partial charge in [-0.2, -0.15) is 0 Å². The smallest absolute Gasteiger partial charge is 0.337 e. The van der Waals surface area contributed by atoms with Gasteiger partial charge in [-0.05, 0) is 55.2 Å². The molecule has 0 unspecified atom stereocenters. The number of esters is 1. The lowest BCUT2D eigenvalue weighted by atomic mass is 9.87.